The van der Waals surface area contributed by atoms with E-state index in [1.54, 1.807) is 21.7 Å². The molecule has 1 aliphatic heterocycles. The second-order valence-electron chi connectivity index (χ2n) is 10.7. The maximum atomic E-state index is 14.3. The molecule has 0 aliphatic carbocycles. The number of nitrogens with zero attached hydrogens (tertiary/aromatic N) is 4. The summed E-state index contributed by atoms with van der Waals surface area (Å²) < 4.78 is 24.1. The highest BCUT2D eigenvalue weighted by atomic mass is 16.5. The van der Waals surface area contributed by atoms with E-state index in [9.17, 15) is 9.59 Å². The highest BCUT2D eigenvalue weighted by Gasteiger charge is 2.34. The number of carbonyl (C=O) groups is 2. The highest BCUT2D eigenvalue weighted by molar-refractivity contribution is 5.89. The van der Waals surface area contributed by atoms with E-state index in [2.05, 4.69) is 15.6 Å². The van der Waals surface area contributed by atoms with E-state index in [1.165, 1.54) is 21.3 Å². The van der Waals surface area contributed by atoms with Crippen LogP contribution in [0.15, 0.2) is 60.7 Å². The van der Waals surface area contributed by atoms with Crippen LogP contribution in [0.3, 0.4) is 0 Å². The smallest absolute Gasteiger partial charge is 0.247 e. The van der Waals surface area contributed by atoms with Crippen LogP contribution >= 0.6 is 0 Å². The normalized spacial score (nSPS) is 15.1. The minimum atomic E-state index is -1.02. The number of nitrogens with one attached hydrogen (secondary N) is 1. The third kappa shape index (κ3) is 6.78. The van der Waals surface area contributed by atoms with Gasteiger partial charge in [0.15, 0.2) is 11.5 Å². The summed E-state index contributed by atoms with van der Waals surface area (Å²) in [6, 6.07) is 17.9. The SMILES string of the molecule is COc1cc([C@H](C(=O)NC[C@H]2CCCO2)N(CCc2ccccc2C)C(=O)Cn2nnc3ccccc32)cc(OC)c1OC. The Morgan fingerprint density at radius 1 is 1.05 bits per heavy atom. The molecule has 2 amide bonds. The molecule has 1 aliphatic rings. The second kappa shape index (κ2) is 14.2. The molecule has 5 rings (SSSR count). The summed E-state index contributed by atoms with van der Waals surface area (Å²) in [6.45, 7) is 3.21. The Balaban J connectivity index is 1.56. The van der Waals surface area contributed by atoms with Gasteiger partial charge in [0.05, 0.1) is 33.0 Å². The summed E-state index contributed by atoms with van der Waals surface area (Å²) in [5, 5.41) is 11.5. The van der Waals surface area contributed by atoms with Crippen molar-refractivity contribution in [2.45, 2.75) is 44.9 Å². The Bertz CT molecular complexity index is 1570. The van der Waals surface area contributed by atoms with Crippen LogP contribution in [0.1, 0.15) is 35.6 Å². The van der Waals surface area contributed by atoms with Gasteiger partial charge >= 0.3 is 0 Å². The van der Waals surface area contributed by atoms with E-state index >= 15 is 0 Å². The standard InChI is InChI=1S/C33H39N5O6/c1-22-10-5-6-11-23(22)15-16-37(30(39)21-38-27-14-8-7-13-26(27)35-36-38)31(33(40)34-20-25-12-9-17-44-25)24-18-28(41-2)32(43-4)29(19-24)42-3/h5-8,10-11,13-14,18-19,25,31H,9,12,15-17,20-21H2,1-4H3,(H,34,40)/t25-,31-/m1/s1. The van der Waals surface area contributed by atoms with E-state index in [-0.39, 0.29) is 31.0 Å². The maximum absolute atomic E-state index is 14.3. The van der Waals surface area contributed by atoms with E-state index in [0.717, 1.165) is 29.5 Å². The second-order valence-corrected chi connectivity index (χ2v) is 10.7. The number of hydrogen-bond acceptors (Lipinski definition) is 8. The zero-order valence-electron chi connectivity index (χ0n) is 25.6. The lowest BCUT2D eigenvalue weighted by molar-refractivity contribution is -0.141. The number of amides is 2. The van der Waals surface area contributed by atoms with Gasteiger partial charge in [-0.15, -0.1) is 5.10 Å². The Kier molecular flexibility index (Phi) is 9.96. The molecule has 0 radical (unpaired) electrons. The van der Waals surface area contributed by atoms with Crippen LogP contribution in [-0.4, -0.2) is 78.8 Å². The molecule has 11 heteroatoms. The van der Waals surface area contributed by atoms with Crippen molar-refractivity contribution in [3.8, 4) is 17.2 Å². The van der Waals surface area contributed by atoms with E-state index < -0.39 is 6.04 Å². The fourth-order valence-electron chi connectivity index (χ4n) is 5.63. The van der Waals surface area contributed by atoms with Gasteiger partial charge in [0.2, 0.25) is 17.6 Å². The number of carbonyl (C=O) groups excluding carboxylic acids is 2. The Morgan fingerprint density at radius 2 is 1.77 bits per heavy atom. The van der Waals surface area contributed by atoms with Crippen molar-refractivity contribution in [2.75, 3.05) is 41.0 Å². The van der Waals surface area contributed by atoms with Crippen molar-refractivity contribution in [1.29, 1.82) is 0 Å². The van der Waals surface area contributed by atoms with E-state index in [4.69, 9.17) is 18.9 Å². The molecule has 4 aromatic rings. The first-order chi connectivity index (χ1) is 21.4. The quantitative estimate of drug-likeness (QED) is 0.246. The first kappa shape index (κ1) is 30.8. The number of rotatable bonds is 13. The topological polar surface area (TPSA) is 117 Å². The summed E-state index contributed by atoms with van der Waals surface area (Å²) in [6.07, 6.45) is 2.28. The predicted molar refractivity (Wildman–Crippen MR) is 165 cm³/mol. The van der Waals surface area contributed by atoms with Gasteiger partial charge in [-0.1, -0.05) is 41.6 Å². The number of hydrogen-bond donors (Lipinski definition) is 1. The van der Waals surface area contributed by atoms with Crippen molar-refractivity contribution < 1.29 is 28.5 Å². The minimum Gasteiger partial charge on any atom is -0.493 e. The van der Waals surface area contributed by atoms with Gasteiger partial charge in [-0.05, 0) is 67.1 Å². The molecule has 232 valence electrons. The number of aryl methyl sites for hydroxylation is 1. The predicted octanol–water partition coefficient (Wildman–Crippen LogP) is 3.87. The molecular formula is C33H39N5O6. The molecule has 44 heavy (non-hydrogen) atoms. The number of fused-ring (bicyclic) bond motifs is 1. The van der Waals surface area contributed by atoms with Crippen LogP contribution in [0.5, 0.6) is 17.2 Å². The number of ether oxygens (including phenoxy) is 4. The van der Waals surface area contributed by atoms with Gasteiger partial charge in [-0.3, -0.25) is 9.59 Å². The third-order valence-corrected chi connectivity index (χ3v) is 8.00. The fraction of sp³-hybridized carbons (Fsp3) is 0.394. The fourth-order valence-corrected chi connectivity index (χ4v) is 5.63. The highest BCUT2D eigenvalue weighted by Crippen LogP contribution is 2.41. The largest absolute Gasteiger partial charge is 0.493 e. The van der Waals surface area contributed by atoms with Crippen LogP contribution in [0.2, 0.25) is 0 Å². The van der Waals surface area contributed by atoms with Crippen LogP contribution in [0.25, 0.3) is 11.0 Å². The molecular weight excluding hydrogens is 562 g/mol. The molecule has 11 nitrogen and oxygen atoms in total. The van der Waals surface area contributed by atoms with Crippen molar-refractivity contribution in [1.82, 2.24) is 25.2 Å². The monoisotopic (exact) mass is 601 g/mol. The number of aromatic nitrogens is 3. The summed E-state index contributed by atoms with van der Waals surface area (Å²) in [5.74, 6) is 0.528. The zero-order valence-corrected chi connectivity index (χ0v) is 25.6. The van der Waals surface area contributed by atoms with Crippen molar-refractivity contribution in [2.24, 2.45) is 0 Å². The molecule has 0 unspecified atom stereocenters. The van der Waals surface area contributed by atoms with Gasteiger partial charge in [-0.25, -0.2) is 4.68 Å². The molecule has 0 bridgehead atoms. The van der Waals surface area contributed by atoms with Crippen LogP contribution < -0.4 is 19.5 Å². The first-order valence-electron chi connectivity index (χ1n) is 14.7. The minimum absolute atomic E-state index is 0.0721. The molecule has 2 heterocycles. The number of methoxy groups -OCH3 is 3. The summed E-state index contributed by atoms with van der Waals surface area (Å²) >= 11 is 0. The van der Waals surface area contributed by atoms with Crippen LogP contribution in [-0.2, 0) is 27.3 Å². The van der Waals surface area contributed by atoms with Crippen LogP contribution in [0, 0.1) is 6.92 Å². The average molecular weight is 602 g/mol. The first-order valence-corrected chi connectivity index (χ1v) is 14.7. The van der Waals surface area contributed by atoms with E-state index in [0.29, 0.717) is 47.9 Å². The Morgan fingerprint density at radius 3 is 2.45 bits per heavy atom. The Labute approximate surface area is 257 Å². The molecule has 1 fully saturated rings. The van der Waals surface area contributed by atoms with Crippen molar-refractivity contribution in [3.05, 3.63) is 77.4 Å². The number of para-hydroxylation sites is 1. The van der Waals surface area contributed by atoms with Crippen molar-refractivity contribution in [3.63, 3.8) is 0 Å². The van der Waals surface area contributed by atoms with Gasteiger partial charge in [-0.2, -0.15) is 0 Å². The lowest BCUT2D eigenvalue weighted by atomic mass is 10.00. The van der Waals surface area contributed by atoms with Gasteiger partial charge in [0.1, 0.15) is 18.1 Å². The molecule has 1 saturated heterocycles. The summed E-state index contributed by atoms with van der Waals surface area (Å²) in [7, 11) is 4.56. The summed E-state index contributed by atoms with van der Waals surface area (Å²) in [4.78, 5) is 30.1. The lowest BCUT2D eigenvalue weighted by Crippen LogP contribution is -2.47. The third-order valence-electron chi connectivity index (χ3n) is 8.00. The molecule has 3 aromatic carbocycles. The van der Waals surface area contributed by atoms with Gasteiger partial charge < -0.3 is 29.2 Å². The molecule has 1 aromatic heterocycles. The summed E-state index contributed by atoms with van der Waals surface area (Å²) in [5.41, 5.74) is 4.12. The lowest BCUT2D eigenvalue weighted by Gasteiger charge is -2.32. The van der Waals surface area contributed by atoms with Gasteiger partial charge in [0.25, 0.3) is 0 Å². The molecule has 2 atom stereocenters. The number of benzene rings is 3. The molecule has 0 saturated carbocycles. The zero-order chi connectivity index (χ0) is 31.1. The van der Waals surface area contributed by atoms with Crippen LogP contribution in [0.4, 0.5) is 0 Å². The van der Waals surface area contributed by atoms with E-state index in [1.807, 2.05) is 55.5 Å². The maximum Gasteiger partial charge on any atom is 0.247 e. The molecule has 0 spiro atoms. The van der Waals surface area contributed by atoms with Crippen molar-refractivity contribution >= 4 is 22.8 Å². The van der Waals surface area contributed by atoms with Gasteiger partial charge in [0, 0.05) is 19.7 Å². The average Bonchev–Trinajstić information content (AvgIpc) is 3.72. The Hall–Kier alpha value is -4.64. The molecule has 1 N–H and O–H groups in total.